The number of piperidine rings is 2. The smallest absolute Gasteiger partial charge is 0.410 e. The van der Waals surface area contributed by atoms with Gasteiger partial charge in [0.25, 0.3) is 0 Å². The van der Waals surface area contributed by atoms with Crippen LogP contribution in [0.15, 0.2) is 73.1 Å². The lowest BCUT2D eigenvalue weighted by atomic mass is 9.76. The van der Waals surface area contributed by atoms with Crippen LogP contribution in [-0.2, 0) is 19.0 Å². The van der Waals surface area contributed by atoms with E-state index in [9.17, 15) is 14.4 Å². The van der Waals surface area contributed by atoms with Crippen molar-refractivity contribution in [2.75, 3.05) is 33.3 Å². The molecule has 4 aliphatic rings. The molecule has 0 radical (unpaired) electrons. The number of methoxy groups -OCH3 is 1. The van der Waals surface area contributed by atoms with Crippen LogP contribution in [0.1, 0.15) is 139 Å². The van der Waals surface area contributed by atoms with Crippen molar-refractivity contribution >= 4 is 79.5 Å². The first-order valence-corrected chi connectivity index (χ1v) is 23.1. The lowest BCUT2D eigenvalue weighted by Gasteiger charge is -2.37. The van der Waals surface area contributed by atoms with Crippen molar-refractivity contribution in [3.8, 4) is 0 Å². The van der Waals surface area contributed by atoms with Crippen LogP contribution in [0.4, 0.5) is 9.59 Å². The first-order valence-electron chi connectivity index (χ1n) is 21.5. The molecule has 13 heteroatoms. The van der Waals surface area contributed by atoms with E-state index in [0.29, 0.717) is 42.7 Å². The fourth-order valence-corrected chi connectivity index (χ4v) is 10.1. The Balaban J connectivity index is 0.000000238. The van der Waals surface area contributed by atoms with Crippen molar-refractivity contribution in [3.63, 3.8) is 0 Å². The molecule has 2 aromatic carbocycles. The van der Waals surface area contributed by atoms with Gasteiger partial charge in [0.2, 0.25) is 0 Å². The first kappa shape index (κ1) is 51.3. The molecular weight excluding hydrogens is 927 g/mol. The van der Waals surface area contributed by atoms with Crippen LogP contribution in [0.5, 0.6) is 0 Å². The summed E-state index contributed by atoms with van der Waals surface area (Å²) in [5, 5.41) is 1.33. The second-order valence-electron chi connectivity index (χ2n) is 18.5. The van der Waals surface area contributed by atoms with Crippen LogP contribution in [0, 0.1) is 11.8 Å². The molecule has 0 spiro atoms. The molecule has 2 aliphatic heterocycles. The average molecular weight is 991 g/mol. The molecule has 2 fully saturated rings. The Labute approximate surface area is 403 Å². The summed E-state index contributed by atoms with van der Waals surface area (Å²) in [5.41, 5.74) is 7.62. The van der Waals surface area contributed by atoms with Crippen LogP contribution in [0.25, 0.3) is 22.2 Å². The molecule has 2 amide bonds. The van der Waals surface area contributed by atoms with E-state index in [1.807, 2.05) is 107 Å². The lowest BCUT2D eigenvalue weighted by molar-refractivity contribution is -0.133. The van der Waals surface area contributed by atoms with Crippen molar-refractivity contribution < 1.29 is 28.6 Å². The number of likely N-dealkylation sites (tertiary alicyclic amines) is 2. The van der Waals surface area contributed by atoms with Crippen molar-refractivity contribution in [3.05, 3.63) is 128 Å². The molecule has 2 aromatic heterocycles. The molecule has 4 heterocycles. The van der Waals surface area contributed by atoms with E-state index in [2.05, 4.69) is 34.1 Å². The molecule has 0 saturated carbocycles. The first-order chi connectivity index (χ1) is 29.9. The molecule has 2 aliphatic carbocycles. The molecule has 0 N–H and O–H groups in total. The molecule has 2 unspecified atom stereocenters. The zero-order chi connectivity index (χ0) is 45.2. The van der Waals surface area contributed by atoms with Crippen LogP contribution in [0.3, 0.4) is 0 Å². The molecule has 2 saturated heterocycles. The maximum Gasteiger partial charge on any atom is 0.410 e. The van der Waals surface area contributed by atoms with Gasteiger partial charge in [-0.1, -0.05) is 78.3 Å². The molecule has 4 aromatic rings. The van der Waals surface area contributed by atoms with Gasteiger partial charge in [-0.2, -0.15) is 0 Å². The van der Waals surface area contributed by atoms with Crippen molar-refractivity contribution in [2.45, 2.75) is 105 Å². The zero-order valence-electron chi connectivity index (χ0n) is 36.9. The monoisotopic (exact) mass is 988 g/mol. The van der Waals surface area contributed by atoms with Gasteiger partial charge in [0.1, 0.15) is 11.2 Å². The van der Waals surface area contributed by atoms with Crippen molar-refractivity contribution in [1.29, 1.82) is 0 Å². The SMILES string of the molecule is C.C.CC(C)(C)OC(=O)N1CCC(C2c3ccc(Cl)cc3C=C(Br)c3cccnc32)CC1.COC(=O)C1=Cc2cc(Cl)ccc2C(C2CCN(C(=O)OC(C)(C)C)CC2)c2ncccc21. The molecule has 65 heavy (non-hydrogen) atoms. The minimum absolute atomic E-state index is 0. The van der Waals surface area contributed by atoms with Crippen molar-refractivity contribution in [1.82, 2.24) is 19.8 Å². The third-order valence-corrected chi connectivity index (χ3v) is 13.0. The van der Waals surface area contributed by atoms with Gasteiger partial charge in [0.15, 0.2) is 0 Å². The number of hydrogen-bond donors (Lipinski definition) is 0. The number of fused-ring (bicyclic) bond motifs is 4. The van der Waals surface area contributed by atoms with Crippen LogP contribution in [-0.4, -0.2) is 82.4 Å². The minimum atomic E-state index is -0.522. The van der Waals surface area contributed by atoms with Gasteiger partial charge in [0.05, 0.1) is 24.1 Å². The Morgan fingerprint density at radius 3 is 1.49 bits per heavy atom. The molecule has 2 atom stereocenters. The number of carbonyl (C=O) groups excluding carboxylic acids is 3. The quantitative estimate of drug-likeness (QED) is 0.147. The summed E-state index contributed by atoms with van der Waals surface area (Å²) in [6.07, 6.45) is 10.5. The summed E-state index contributed by atoms with van der Waals surface area (Å²) in [4.78, 5) is 50.9. The van der Waals surface area contributed by atoms with Gasteiger partial charge in [-0.25, -0.2) is 14.4 Å². The Hall–Kier alpha value is -4.71. The Kier molecular flexibility index (Phi) is 16.8. The fourth-order valence-electron chi connectivity index (χ4n) is 9.13. The Morgan fingerprint density at radius 2 is 1.06 bits per heavy atom. The maximum absolute atomic E-state index is 12.7. The highest BCUT2D eigenvalue weighted by atomic mass is 79.9. The molecular formula is C52H63BrCl2N4O6. The number of carbonyl (C=O) groups is 3. The van der Waals surface area contributed by atoms with E-state index >= 15 is 0 Å². The molecule has 0 bridgehead atoms. The van der Waals surface area contributed by atoms with Gasteiger partial charge in [-0.05, 0) is 150 Å². The third-order valence-electron chi connectivity index (χ3n) is 11.9. The van der Waals surface area contributed by atoms with Crippen LogP contribution < -0.4 is 0 Å². The molecule has 10 nitrogen and oxygen atoms in total. The average Bonchev–Trinajstić information content (AvgIpc) is 3.46. The fraction of sp³-hybridized carbons (Fsp3) is 0.442. The predicted octanol–water partition coefficient (Wildman–Crippen LogP) is 13.5. The third kappa shape index (κ3) is 12.0. The minimum Gasteiger partial charge on any atom is -0.465 e. The highest BCUT2D eigenvalue weighted by molar-refractivity contribution is 9.15. The van der Waals surface area contributed by atoms with Gasteiger partial charge in [-0.3, -0.25) is 9.97 Å². The molecule has 8 rings (SSSR count). The van der Waals surface area contributed by atoms with Crippen LogP contribution in [0.2, 0.25) is 10.0 Å². The normalized spacial score (nSPS) is 18.4. The number of esters is 1. The maximum atomic E-state index is 12.7. The standard InChI is InChI=1S/C26H29ClN2O4.C24H26BrClN2O2.2CH4/c1-26(2,3)33-25(31)29-12-9-16(10-13-29)22-19-8-7-18(27)14-17(19)15-21(24(30)32-4)20-6-5-11-28-23(20)22;1-24(2,3)30-23(29)28-11-8-15(9-12-28)21-18-7-6-17(26)13-16(18)14-20(25)19-5-4-10-27-22(19)21;;/h5-8,11,14-16,22H,9-10,12-13H2,1-4H3;4-7,10,13-15,21H,8-9,11-12H2,1-3H3;2*1H4. The number of pyridine rings is 2. The second kappa shape index (κ2) is 21.3. The predicted molar refractivity (Wildman–Crippen MR) is 266 cm³/mol. The van der Waals surface area contributed by atoms with E-state index in [-0.39, 0.29) is 44.8 Å². The van der Waals surface area contributed by atoms with E-state index in [1.165, 1.54) is 12.7 Å². The summed E-state index contributed by atoms with van der Waals surface area (Å²) in [6, 6.07) is 19.7. The van der Waals surface area contributed by atoms with Gasteiger partial charge in [0, 0.05) is 76.1 Å². The van der Waals surface area contributed by atoms with E-state index in [1.54, 1.807) is 11.1 Å². The lowest BCUT2D eigenvalue weighted by Crippen LogP contribution is -2.42. The Morgan fingerprint density at radius 1 is 0.646 bits per heavy atom. The summed E-state index contributed by atoms with van der Waals surface area (Å²) >= 11 is 16.4. The second-order valence-corrected chi connectivity index (χ2v) is 20.3. The van der Waals surface area contributed by atoms with Gasteiger partial charge in [-0.15, -0.1) is 0 Å². The number of aromatic nitrogens is 2. The summed E-state index contributed by atoms with van der Waals surface area (Å²) in [7, 11) is 1.38. The highest BCUT2D eigenvalue weighted by Gasteiger charge is 2.38. The van der Waals surface area contributed by atoms with E-state index in [0.717, 1.165) is 74.4 Å². The summed E-state index contributed by atoms with van der Waals surface area (Å²) in [6.45, 7) is 13.9. The molecule has 348 valence electrons. The summed E-state index contributed by atoms with van der Waals surface area (Å²) < 4.78 is 17.2. The number of benzene rings is 2. The number of ether oxygens (including phenoxy) is 3. The number of rotatable bonds is 3. The number of amides is 2. The number of hydrogen-bond acceptors (Lipinski definition) is 8. The van der Waals surface area contributed by atoms with Gasteiger partial charge >= 0.3 is 18.2 Å². The van der Waals surface area contributed by atoms with E-state index in [4.69, 9.17) is 47.4 Å². The van der Waals surface area contributed by atoms with Crippen LogP contribution >= 0.6 is 39.1 Å². The number of nitrogens with zero attached hydrogens (tertiary/aromatic N) is 4. The van der Waals surface area contributed by atoms with E-state index < -0.39 is 17.2 Å². The summed E-state index contributed by atoms with van der Waals surface area (Å²) in [5.74, 6) is 0.329. The topological polar surface area (TPSA) is 111 Å². The highest BCUT2D eigenvalue weighted by Crippen LogP contribution is 2.47. The zero-order valence-corrected chi connectivity index (χ0v) is 40.0. The Bertz CT molecular complexity index is 2430. The number of halogens is 3. The van der Waals surface area contributed by atoms with Gasteiger partial charge < -0.3 is 24.0 Å². The largest absolute Gasteiger partial charge is 0.465 e. The van der Waals surface area contributed by atoms with Crippen molar-refractivity contribution in [2.24, 2.45) is 11.8 Å².